The van der Waals surface area contributed by atoms with E-state index in [1.54, 1.807) is 0 Å². The second-order valence-corrected chi connectivity index (χ2v) is 12.2. The van der Waals surface area contributed by atoms with Crippen molar-refractivity contribution < 1.29 is 14.3 Å². The molecule has 2 saturated carbocycles. The summed E-state index contributed by atoms with van der Waals surface area (Å²) in [4.78, 5) is 19.9. The van der Waals surface area contributed by atoms with Gasteiger partial charge in [-0.2, -0.15) is 0 Å². The number of piperidine rings is 2. The molecule has 7 rings (SSSR count). The van der Waals surface area contributed by atoms with Crippen LogP contribution in [0.4, 0.5) is 4.79 Å². The third-order valence-corrected chi connectivity index (χ3v) is 9.62. The van der Waals surface area contributed by atoms with E-state index in [0.717, 1.165) is 42.9 Å². The SMILES string of the molecule is Cc1ccc2c(c1)OC1(CCN(C(=O)OCC3CC3)CC1)c1c-2nc(C2CC3(CCNCC3)C2)n1C. The lowest BCUT2D eigenvalue weighted by Crippen LogP contribution is -2.50. The zero-order chi connectivity index (χ0) is 24.5. The van der Waals surface area contributed by atoms with Crippen LogP contribution < -0.4 is 10.1 Å². The number of aryl methyl sites for hydroxylation is 1. The van der Waals surface area contributed by atoms with E-state index < -0.39 is 5.60 Å². The number of benzene rings is 1. The second-order valence-electron chi connectivity index (χ2n) is 12.2. The highest BCUT2D eigenvalue weighted by atomic mass is 16.6. The Kier molecular flexibility index (Phi) is 5.18. The number of hydrogen-bond donors (Lipinski definition) is 1. The molecule has 2 spiro atoms. The predicted octanol–water partition coefficient (Wildman–Crippen LogP) is 4.87. The highest BCUT2D eigenvalue weighted by Crippen LogP contribution is 2.57. The zero-order valence-corrected chi connectivity index (χ0v) is 21.6. The first-order chi connectivity index (χ1) is 17.5. The molecule has 1 aromatic heterocycles. The van der Waals surface area contributed by atoms with Crippen molar-refractivity contribution >= 4 is 6.09 Å². The average Bonchev–Trinajstić information content (AvgIpc) is 3.63. The molecule has 2 aromatic rings. The first-order valence-corrected chi connectivity index (χ1v) is 13.9. The molecule has 0 atom stereocenters. The van der Waals surface area contributed by atoms with E-state index in [0.29, 0.717) is 36.9 Å². The van der Waals surface area contributed by atoms with Gasteiger partial charge < -0.3 is 24.3 Å². The minimum absolute atomic E-state index is 0.170. The van der Waals surface area contributed by atoms with Gasteiger partial charge in [0.25, 0.3) is 0 Å². The number of amides is 1. The van der Waals surface area contributed by atoms with Gasteiger partial charge in [-0.3, -0.25) is 0 Å². The maximum atomic E-state index is 12.7. The van der Waals surface area contributed by atoms with Crippen molar-refractivity contribution in [1.82, 2.24) is 19.8 Å². The summed E-state index contributed by atoms with van der Waals surface area (Å²) < 4.78 is 14.8. The molecule has 2 aliphatic carbocycles. The quantitative estimate of drug-likeness (QED) is 0.665. The van der Waals surface area contributed by atoms with Gasteiger partial charge in [0.05, 0.1) is 18.0 Å². The van der Waals surface area contributed by atoms with Crippen LogP contribution in [0.5, 0.6) is 5.75 Å². The van der Waals surface area contributed by atoms with E-state index in [1.165, 1.54) is 55.6 Å². The number of fused-ring (bicyclic) bond motifs is 4. The van der Waals surface area contributed by atoms with Crippen LogP contribution in [0.3, 0.4) is 0 Å². The Morgan fingerprint density at radius 3 is 2.64 bits per heavy atom. The summed E-state index contributed by atoms with van der Waals surface area (Å²) in [5.74, 6) is 3.24. The molecule has 4 fully saturated rings. The fourth-order valence-corrected chi connectivity index (χ4v) is 7.25. The molecule has 1 aromatic carbocycles. The third kappa shape index (κ3) is 3.65. The number of likely N-dealkylation sites (tertiary alicyclic amines) is 1. The maximum absolute atomic E-state index is 12.7. The van der Waals surface area contributed by atoms with Gasteiger partial charge in [0, 0.05) is 44.5 Å². The molecule has 0 unspecified atom stereocenters. The van der Waals surface area contributed by atoms with Crippen molar-refractivity contribution in [3.63, 3.8) is 0 Å². The van der Waals surface area contributed by atoms with E-state index in [4.69, 9.17) is 14.5 Å². The molecular formula is C29H38N4O3. The Labute approximate surface area is 213 Å². The van der Waals surface area contributed by atoms with E-state index >= 15 is 0 Å². The molecule has 4 heterocycles. The highest BCUT2D eigenvalue weighted by Gasteiger charge is 2.51. The van der Waals surface area contributed by atoms with Crippen LogP contribution >= 0.6 is 0 Å². The minimum atomic E-state index is -0.459. The lowest BCUT2D eigenvalue weighted by molar-refractivity contribution is -0.0115. The van der Waals surface area contributed by atoms with Crippen LogP contribution in [0.1, 0.15) is 74.4 Å². The van der Waals surface area contributed by atoms with Gasteiger partial charge in [-0.05, 0) is 87.6 Å². The third-order valence-electron chi connectivity index (χ3n) is 9.62. The number of ether oxygens (including phenoxy) is 2. The van der Waals surface area contributed by atoms with Crippen molar-refractivity contribution in [2.75, 3.05) is 32.8 Å². The standard InChI is InChI=1S/C29H38N4O3/c1-19-3-6-22-23(15-19)36-29(9-13-33(14-10-29)27(34)35-18-20-4-5-20)25-24(22)31-26(32(25)2)21-16-28(17-21)7-11-30-12-8-28/h3,6,15,20-21,30H,4-5,7-14,16-18H2,1-2H3. The largest absolute Gasteiger partial charge is 0.480 e. The summed E-state index contributed by atoms with van der Waals surface area (Å²) in [6.07, 6.45) is 8.78. The summed E-state index contributed by atoms with van der Waals surface area (Å²) in [5.41, 5.74) is 4.63. The van der Waals surface area contributed by atoms with Crippen LogP contribution in [0.25, 0.3) is 11.3 Å². The first-order valence-electron chi connectivity index (χ1n) is 13.9. The highest BCUT2D eigenvalue weighted by molar-refractivity contribution is 5.74. The van der Waals surface area contributed by atoms with Gasteiger partial charge in [-0.1, -0.05) is 6.07 Å². The van der Waals surface area contributed by atoms with Crippen LogP contribution in [0.15, 0.2) is 18.2 Å². The summed E-state index contributed by atoms with van der Waals surface area (Å²) in [6.45, 7) is 6.26. The van der Waals surface area contributed by atoms with E-state index in [9.17, 15) is 4.79 Å². The molecule has 3 aliphatic heterocycles. The fourth-order valence-electron chi connectivity index (χ4n) is 7.25. The van der Waals surface area contributed by atoms with E-state index in [2.05, 4.69) is 42.1 Å². The molecular weight excluding hydrogens is 452 g/mol. The Hall–Kier alpha value is -2.54. The van der Waals surface area contributed by atoms with Crippen molar-refractivity contribution in [1.29, 1.82) is 0 Å². The smallest absolute Gasteiger partial charge is 0.409 e. The summed E-state index contributed by atoms with van der Waals surface area (Å²) in [5, 5.41) is 3.52. The predicted molar refractivity (Wildman–Crippen MR) is 137 cm³/mol. The number of carbonyl (C=O) groups is 1. The van der Waals surface area contributed by atoms with Crippen LogP contribution in [0.2, 0.25) is 0 Å². The zero-order valence-electron chi connectivity index (χ0n) is 21.6. The Morgan fingerprint density at radius 1 is 1.17 bits per heavy atom. The lowest BCUT2D eigenvalue weighted by atomic mass is 9.57. The topological polar surface area (TPSA) is 68.6 Å². The monoisotopic (exact) mass is 490 g/mol. The first kappa shape index (κ1) is 22.6. The average molecular weight is 491 g/mol. The Balaban J connectivity index is 1.18. The van der Waals surface area contributed by atoms with Gasteiger partial charge >= 0.3 is 6.09 Å². The number of nitrogens with zero attached hydrogens (tertiary/aromatic N) is 3. The van der Waals surface area contributed by atoms with Crippen LogP contribution in [-0.4, -0.2) is 53.3 Å². The number of aromatic nitrogens is 2. The molecule has 7 heteroatoms. The molecule has 0 bridgehead atoms. The number of carbonyl (C=O) groups excluding carboxylic acids is 1. The van der Waals surface area contributed by atoms with Crippen LogP contribution in [0, 0.1) is 18.3 Å². The van der Waals surface area contributed by atoms with Crippen molar-refractivity contribution in [3.8, 4) is 17.0 Å². The Morgan fingerprint density at radius 2 is 1.92 bits per heavy atom. The summed E-state index contributed by atoms with van der Waals surface area (Å²) in [7, 11) is 2.19. The number of rotatable bonds is 3. The lowest BCUT2D eigenvalue weighted by Gasteiger charge is -2.50. The van der Waals surface area contributed by atoms with E-state index in [1.807, 2.05) is 4.90 Å². The maximum Gasteiger partial charge on any atom is 0.409 e. The van der Waals surface area contributed by atoms with Gasteiger partial charge in [-0.25, -0.2) is 9.78 Å². The summed E-state index contributed by atoms with van der Waals surface area (Å²) in [6, 6.07) is 6.48. The molecule has 5 aliphatic rings. The molecule has 1 N–H and O–H groups in total. The molecule has 36 heavy (non-hydrogen) atoms. The molecule has 7 nitrogen and oxygen atoms in total. The minimum Gasteiger partial charge on any atom is -0.480 e. The van der Waals surface area contributed by atoms with Gasteiger partial charge in [-0.15, -0.1) is 0 Å². The molecule has 0 radical (unpaired) electrons. The number of imidazole rings is 1. The van der Waals surface area contributed by atoms with Gasteiger partial charge in [0.2, 0.25) is 0 Å². The Bertz CT molecular complexity index is 1180. The summed E-state index contributed by atoms with van der Waals surface area (Å²) >= 11 is 0. The van der Waals surface area contributed by atoms with Gasteiger partial charge in [0.1, 0.15) is 11.6 Å². The van der Waals surface area contributed by atoms with E-state index in [-0.39, 0.29) is 6.09 Å². The van der Waals surface area contributed by atoms with Crippen molar-refractivity contribution in [2.45, 2.75) is 69.8 Å². The number of nitrogens with one attached hydrogen (secondary N) is 1. The normalized spacial score (nSPS) is 24.1. The fraction of sp³-hybridized carbons (Fsp3) is 0.655. The molecule has 1 amide bonds. The van der Waals surface area contributed by atoms with Crippen molar-refractivity contribution in [2.24, 2.45) is 18.4 Å². The van der Waals surface area contributed by atoms with Crippen LogP contribution in [-0.2, 0) is 17.4 Å². The molecule has 192 valence electrons. The molecule has 2 saturated heterocycles. The van der Waals surface area contributed by atoms with Crippen molar-refractivity contribution in [3.05, 3.63) is 35.3 Å². The number of hydrogen-bond acceptors (Lipinski definition) is 5. The van der Waals surface area contributed by atoms with Gasteiger partial charge in [0.15, 0.2) is 5.60 Å². The second kappa shape index (κ2) is 8.23.